The van der Waals surface area contributed by atoms with Crippen molar-refractivity contribution in [2.75, 3.05) is 13.6 Å². The Morgan fingerprint density at radius 2 is 2.00 bits per heavy atom. The van der Waals surface area contributed by atoms with Gasteiger partial charge in [-0.15, -0.1) is 11.3 Å². The molecule has 1 aromatic heterocycles. The topological polar surface area (TPSA) is 20.3 Å². The molecule has 0 saturated heterocycles. The zero-order chi connectivity index (χ0) is 14.7. The van der Waals surface area contributed by atoms with Gasteiger partial charge in [-0.25, -0.2) is 0 Å². The number of rotatable bonds is 5. The van der Waals surface area contributed by atoms with Crippen molar-refractivity contribution >= 4 is 40.3 Å². The first-order chi connectivity index (χ1) is 9.47. The number of thiophene rings is 1. The van der Waals surface area contributed by atoms with Crippen LogP contribution in [0, 0.1) is 6.92 Å². The Bertz CT molecular complexity index is 624. The maximum absolute atomic E-state index is 12.2. The van der Waals surface area contributed by atoms with Crippen LogP contribution in [-0.2, 0) is 6.54 Å². The number of hydrogen-bond acceptors (Lipinski definition) is 3. The van der Waals surface area contributed by atoms with Crippen molar-refractivity contribution in [2.24, 2.45) is 0 Å². The highest BCUT2D eigenvalue weighted by atomic mass is 35.5. The fourth-order valence-electron chi connectivity index (χ4n) is 1.99. The fraction of sp³-hybridized carbons (Fsp3) is 0.267. The van der Waals surface area contributed by atoms with Gasteiger partial charge in [0.1, 0.15) is 4.34 Å². The standard InChI is InChI=1S/C15H15Cl2NOS/c1-10-5-3-4-6-11(10)8-18(2)9-13(19)12-7-14(16)20-15(12)17/h3-7H,8-9H2,1-2H3. The molecule has 0 saturated carbocycles. The number of Topliss-reactive ketones (excluding diaryl/α,β-unsaturated/α-hetero) is 1. The molecule has 2 aromatic rings. The largest absolute Gasteiger partial charge is 0.295 e. The second-order valence-electron chi connectivity index (χ2n) is 4.76. The van der Waals surface area contributed by atoms with Gasteiger partial charge in [0.15, 0.2) is 5.78 Å². The number of carbonyl (C=O) groups is 1. The van der Waals surface area contributed by atoms with E-state index in [4.69, 9.17) is 23.2 Å². The quantitative estimate of drug-likeness (QED) is 0.743. The van der Waals surface area contributed by atoms with E-state index in [-0.39, 0.29) is 5.78 Å². The summed E-state index contributed by atoms with van der Waals surface area (Å²) in [6.45, 7) is 3.12. The van der Waals surface area contributed by atoms with Crippen LogP contribution in [0.5, 0.6) is 0 Å². The van der Waals surface area contributed by atoms with E-state index in [9.17, 15) is 4.79 Å². The van der Waals surface area contributed by atoms with Crippen molar-refractivity contribution in [3.8, 4) is 0 Å². The van der Waals surface area contributed by atoms with Gasteiger partial charge in [-0.2, -0.15) is 0 Å². The molecule has 0 amide bonds. The number of hydrogen-bond donors (Lipinski definition) is 0. The molecule has 1 heterocycles. The molecule has 106 valence electrons. The minimum absolute atomic E-state index is 0.00534. The molecule has 2 nitrogen and oxygen atoms in total. The highest BCUT2D eigenvalue weighted by Gasteiger charge is 2.16. The van der Waals surface area contributed by atoms with E-state index in [1.165, 1.54) is 22.5 Å². The minimum Gasteiger partial charge on any atom is -0.295 e. The number of benzene rings is 1. The van der Waals surface area contributed by atoms with Crippen molar-refractivity contribution in [1.29, 1.82) is 0 Å². The third-order valence-corrected chi connectivity index (χ3v) is 4.56. The number of likely N-dealkylation sites (N-methyl/N-ethyl adjacent to an activating group) is 1. The van der Waals surface area contributed by atoms with Crippen LogP contribution in [0.3, 0.4) is 0 Å². The maximum atomic E-state index is 12.2. The van der Waals surface area contributed by atoms with Gasteiger partial charge < -0.3 is 0 Å². The number of nitrogens with zero attached hydrogens (tertiary/aromatic N) is 1. The Morgan fingerprint density at radius 3 is 2.60 bits per heavy atom. The summed E-state index contributed by atoms with van der Waals surface area (Å²) >= 11 is 13.1. The zero-order valence-corrected chi connectivity index (χ0v) is 13.6. The fourth-order valence-corrected chi connectivity index (χ4v) is 3.49. The van der Waals surface area contributed by atoms with Gasteiger partial charge in [-0.3, -0.25) is 9.69 Å². The molecule has 0 N–H and O–H groups in total. The number of ketones is 1. The van der Waals surface area contributed by atoms with Gasteiger partial charge in [0.2, 0.25) is 0 Å². The lowest BCUT2D eigenvalue weighted by Gasteiger charge is -2.17. The van der Waals surface area contributed by atoms with Crippen molar-refractivity contribution in [2.45, 2.75) is 13.5 Å². The second kappa shape index (κ2) is 6.72. The SMILES string of the molecule is Cc1ccccc1CN(C)CC(=O)c1cc(Cl)sc1Cl. The maximum Gasteiger partial charge on any atom is 0.179 e. The summed E-state index contributed by atoms with van der Waals surface area (Å²) in [5.41, 5.74) is 2.96. The lowest BCUT2D eigenvalue weighted by Crippen LogP contribution is -2.25. The molecule has 0 unspecified atom stereocenters. The Morgan fingerprint density at radius 1 is 1.30 bits per heavy atom. The molecule has 0 radical (unpaired) electrons. The van der Waals surface area contributed by atoms with E-state index in [0.717, 1.165) is 6.54 Å². The van der Waals surface area contributed by atoms with Gasteiger partial charge in [0, 0.05) is 6.54 Å². The van der Waals surface area contributed by atoms with Crippen LogP contribution in [0.15, 0.2) is 30.3 Å². The first-order valence-corrected chi connectivity index (χ1v) is 7.75. The summed E-state index contributed by atoms with van der Waals surface area (Å²) in [4.78, 5) is 14.2. The van der Waals surface area contributed by atoms with E-state index in [1.54, 1.807) is 6.07 Å². The molecule has 0 bridgehead atoms. The molecule has 20 heavy (non-hydrogen) atoms. The smallest absolute Gasteiger partial charge is 0.179 e. The average Bonchev–Trinajstić information content (AvgIpc) is 2.71. The second-order valence-corrected chi connectivity index (χ2v) is 7.05. The van der Waals surface area contributed by atoms with E-state index >= 15 is 0 Å². The summed E-state index contributed by atoms with van der Waals surface area (Å²) in [5, 5.41) is 0. The van der Waals surface area contributed by atoms with Crippen LogP contribution >= 0.6 is 34.5 Å². The van der Waals surface area contributed by atoms with E-state index < -0.39 is 0 Å². The third-order valence-electron chi connectivity index (χ3n) is 3.07. The normalized spacial score (nSPS) is 11.1. The van der Waals surface area contributed by atoms with Gasteiger partial charge in [-0.1, -0.05) is 47.5 Å². The summed E-state index contributed by atoms with van der Waals surface area (Å²) in [6, 6.07) is 9.80. The van der Waals surface area contributed by atoms with E-state index in [2.05, 4.69) is 19.1 Å². The van der Waals surface area contributed by atoms with Gasteiger partial charge in [-0.05, 0) is 31.2 Å². The van der Waals surface area contributed by atoms with E-state index in [0.29, 0.717) is 20.8 Å². The molecular weight excluding hydrogens is 313 g/mol. The highest BCUT2D eigenvalue weighted by Crippen LogP contribution is 2.31. The van der Waals surface area contributed by atoms with Crippen molar-refractivity contribution in [1.82, 2.24) is 4.90 Å². The van der Waals surface area contributed by atoms with Crippen LogP contribution < -0.4 is 0 Å². The Balaban J connectivity index is 2.01. The number of halogens is 2. The number of aryl methyl sites for hydroxylation is 1. The van der Waals surface area contributed by atoms with Crippen LogP contribution in [0.2, 0.25) is 8.67 Å². The number of carbonyl (C=O) groups excluding carboxylic acids is 1. The van der Waals surface area contributed by atoms with Crippen molar-refractivity contribution in [3.05, 3.63) is 55.7 Å². The summed E-state index contributed by atoms with van der Waals surface area (Å²) < 4.78 is 1.00. The average molecular weight is 328 g/mol. The zero-order valence-electron chi connectivity index (χ0n) is 11.3. The van der Waals surface area contributed by atoms with Gasteiger partial charge in [0.25, 0.3) is 0 Å². The summed E-state index contributed by atoms with van der Waals surface area (Å²) in [5.74, 6) is -0.00534. The van der Waals surface area contributed by atoms with Crippen LogP contribution in [0.1, 0.15) is 21.5 Å². The molecule has 2 rings (SSSR count). The van der Waals surface area contributed by atoms with Crippen molar-refractivity contribution < 1.29 is 4.79 Å². The molecule has 1 aromatic carbocycles. The Labute approximate surface area is 132 Å². The van der Waals surface area contributed by atoms with Crippen LogP contribution in [0.25, 0.3) is 0 Å². The molecule has 0 fully saturated rings. The monoisotopic (exact) mass is 327 g/mol. The molecule has 5 heteroatoms. The highest BCUT2D eigenvalue weighted by molar-refractivity contribution is 7.20. The minimum atomic E-state index is -0.00534. The van der Waals surface area contributed by atoms with Gasteiger partial charge >= 0.3 is 0 Å². The van der Waals surface area contributed by atoms with Crippen LogP contribution in [0.4, 0.5) is 0 Å². The Kier molecular flexibility index (Phi) is 5.22. The predicted octanol–water partition coefficient (Wildman–Crippen LogP) is 4.68. The molecule has 0 aliphatic carbocycles. The van der Waals surface area contributed by atoms with Gasteiger partial charge in [0.05, 0.1) is 16.4 Å². The molecule has 0 aliphatic rings. The molecule has 0 spiro atoms. The predicted molar refractivity (Wildman–Crippen MR) is 86.2 cm³/mol. The van der Waals surface area contributed by atoms with E-state index in [1.807, 2.05) is 24.1 Å². The first kappa shape index (κ1) is 15.5. The summed E-state index contributed by atoms with van der Waals surface area (Å²) in [7, 11) is 1.92. The lowest BCUT2D eigenvalue weighted by molar-refractivity contribution is 0.0943. The third kappa shape index (κ3) is 3.83. The Hall–Kier alpha value is -0.870. The van der Waals surface area contributed by atoms with Crippen molar-refractivity contribution in [3.63, 3.8) is 0 Å². The summed E-state index contributed by atoms with van der Waals surface area (Å²) in [6.07, 6.45) is 0. The van der Waals surface area contributed by atoms with Crippen LogP contribution in [-0.4, -0.2) is 24.3 Å². The first-order valence-electron chi connectivity index (χ1n) is 6.18. The molecule has 0 atom stereocenters. The molecule has 0 aliphatic heterocycles. The molecular formula is C15H15Cl2NOS. The lowest BCUT2D eigenvalue weighted by atomic mass is 10.1.